The van der Waals surface area contributed by atoms with Crippen LogP contribution in [0.25, 0.3) is 0 Å². The Kier molecular flexibility index (Phi) is 5.51. The number of hydrogen-bond acceptors (Lipinski definition) is 5. The molecule has 0 aliphatic carbocycles. The van der Waals surface area contributed by atoms with E-state index >= 15 is 0 Å². The third-order valence-electron chi connectivity index (χ3n) is 4.22. The molecule has 2 aromatic rings. The number of Topliss-reactive ketones (excluding diaryl/α,β-unsaturated/α-hetero) is 1. The van der Waals surface area contributed by atoms with Crippen molar-refractivity contribution in [3.63, 3.8) is 0 Å². The van der Waals surface area contributed by atoms with Crippen molar-refractivity contribution in [1.29, 1.82) is 0 Å². The topological polar surface area (TPSA) is 80.8 Å². The average molecular weight is 430 g/mol. The second-order valence-electron chi connectivity index (χ2n) is 6.00. The summed E-state index contributed by atoms with van der Waals surface area (Å²) in [6.07, 6.45) is -0.682. The molecule has 0 radical (unpaired) electrons. The second-order valence-corrected chi connectivity index (χ2v) is 6.92. The number of rotatable bonds is 6. The first kappa shape index (κ1) is 19.0. The maximum Gasteiger partial charge on any atom is 0.326 e. The van der Waals surface area contributed by atoms with Gasteiger partial charge in [-0.15, -0.1) is 0 Å². The fourth-order valence-electron chi connectivity index (χ4n) is 2.84. The molecule has 2 aromatic carbocycles. The van der Waals surface area contributed by atoms with Crippen LogP contribution in [0, 0.1) is 0 Å². The fourth-order valence-corrected chi connectivity index (χ4v) is 3.20. The van der Waals surface area contributed by atoms with E-state index in [0.717, 1.165) is 4.90 Å². The van der Waals surface area contributed by atoms with Gasteiger partial charge >= 0.3 is 5.97 Å². The van der Waals surface area contributed by atoms with E-state index in [1.54, 1.807) is 43.3 Å². The third kappa shape index (κ3) is 3.83. The summed E-state index contributed by atoms with van der Waals surface area (Å²) in [6.45, 7) is 1.18. The smallest absolute Gasteiger partial charge is 0.326 e. The van der Waals surface area contributed by atoms with Crippen LogP contribution in [0.1, 0.15) is 44.4 Å². The molecule has 7 heteroatoms. The van der Waals surface area contributed by atoms with Gasteiger partial charge in [-0.2, -0.15) is 0 Å². The third-order valence-corrected chi connectivity index (χ3v) is 4.71. The quantitative estimate of drug-likeness (QED) is 0.399. The SMILES string of the molecule is CC[C@@H](OC(=O)CN1C(=O)c2ccc(Br)cc2C1=O)C(=O)c1ccccc1. The molecule has 1 aliphatic rings. The van der Waals surface area contributed by atoms with E-state index in [1.807, 2.05) is 0 Å². The predicted molar refractivity (Wildman–Crippen MR) is 100 cm³/mol. The van der Waals surface area contributed by atoms with Crippen LogP contribution in [0.15, 0.2) is 53.0 Å². The second kappa shape index (κ2) is 7.84. The van der Waals surface area contributed by atoms with E-state index in [1.165, 1.54) is 12.1 Å². The van der Waals surface area contributed by atoms with Crippen LogP contribution in [0.3, 0.4) is 0 Å². The lowest BCUT2D eigenvalue weighted by Crippen LogP contribution is -2.38. The van der Waals surface area contributed by atoms with Gasteiger partial charge in [-0.25, -0.2) is 0 Å². The molecule has 3 rings (SSSR count). The van der Waals surface area contributed by atoms with Crippen molar-refractivity contribution in [3.05, 3.63) is 69.7 Å². The van der Waals surface area contributed by atoms with Gasteiger partial charge in [0, 0.05) is 10.0 Å². The van der Waals surface area contributed by atoms with Gasteiger partial charge < -0.3 is 4.74 Å². The Morgan fingerprint density at radius 3 is 2.37 bits per heavy atom. The molecule has 0 unspecified atom stereocenters. The summed E-state index contributed by atoms with van der Waals surface area (Å²) in [4.78, 5) is 50.4. The molecule has 138 valence electrons. The molecule has 0 saturated carbocycles. The Hall–Kier alpha value is -2.80. The highest BCUT2D eigenvalue weighted by molar-refractivity contribution is 9.10. The van der Waals surface area contributed by atoms with Gasteiger partial charge in [-0.3, -0.25) is 24.1 Å². The molecule has 1 aliphatic heterocycles. The first-order chi connectivity index (χ1) is 12.9. The maximum absolute atomic E-state index is 12.5. The van der Waals surface area contributed by atoms with Gasteiger partial charge in [0.05, 0.1) is 11.1 Å². The zero-order valence-electron chi connectivity index (χ0n) is 14.5. The first-order valence-corrected chi connectivity index (χ1v) is 9.16. The fraction of sp³-hybridized carbons (Fsp3) is 0.200. The van der Waals surface area contributed by atoms with Crippen LogP contribution in [-0.4, -0.2) is 41.1 Å². The predicted octanol–water partition coefficient (Wildman–Crippen LogP) is 3.25. The van der Waals surface area contributed by atoms with E-state index < -0.39 is 30.4 Å². The van der Waals surface area contributed by atoms with Crippen molar-refractivity contribution in [3.8, 4) is 0 Å². The maximum atomic E-state index is 12.5. The standard InChI is InChI=1S/C20H16BrNO5/c1-2-16(18(24)12-6-4-3-5-7-12)27-17(23)11-22-19(25)14-9-8-13(21)10-15(14)20(22)26/h3-10,16H,2,11H2,1H3/t16-/m1/s1. The molecular weight excluding hydrogens is 414 g/mol. The Morgan fingerprint density at radius 2 is 1.70 bits per heavy atom. The summed E-state index contributed by atoms with van der Waals surface area (Å²) in [5, 5.41) is 0. The number of ether oxygens (including phenoxy) is 1. The first-order valence-electron chi connectivity index (χ1n) is 8.37. The monoisotopic (exact) mass is 429 g/mol. The number of nitrogens with zero attached hydrogens (tertiary/aromatic N) is 1. The summed E-state index contributed by atoms with van der Waals surface area (Å²) in [7, 11) is 0. The molecule has 27 heavy (non-hydrogen) atoms. The number of fused-ring (bicyclic) bond motifs is 1. The molecule has 0 saturated heterocycles. The van der Waals surface area contributed by atoms with Gasteiger partial charge in [0.25, 0.3) is 11.8 Å². The van der Waals surface area contributed by atoms with Gasteiger partial charge in [0.1, 0.15) is 6.54 Å². The van der Waals surface area contributed by atoms with Gasteiger partial charge in [-0.1, -0.05) is 53.2 Å². The number of benzene rings is 2. The molecule has 0 N–H and O–H groups in total. The lowest BCUT2D eigenvalue weighted by atomic mass is 10.0. The highest BCUT2D eigenvalue weighted by Crippen LogP contribution is 2.26. The number of hydrogen-bond donors (Lipinski definition) is 0. The van der Waals surface area contributed by atoms with Crippen LogP contribution in [0.5, 0.6) is 0 Å². The summed E-state index contributed by atoms with van der Waals surface area (Å²) in [5.41, 5.74) is 0.903. The van der Waals surface area contributed by atoms with Crippen LogP contribution < -0.4 is 0 Å². The van der Waals surface area contributed by atoms with E-state index in [-0.39, 0.29) is 23.3 Å². The van der Waals surface area contributed by atoms with Crippen LogP contribution >= 0.6 is 15.9 Å². The Bertz CT molecular complexity index is 925. The lowest BCUT2D eigenvalue weighted by Gasteiger charge is -2.18. The van der Waals surface area contributed by atoms with Gasteiger partial charge in [-0.05, 0) is 24.6 Å². The molecule has 0 bridgehead atoms. The normalized spacial score (nSPS) is 14.1. The average Bonchev–Trinajstić information content (AvgIpc) is 2.90. The highest BCUT2D eigenvalue weighted by Gasteiger charge is 2.37. The minimum Gasteiger partial charge on any atom is -0.453 e. The van der Waals surface area contributed by atoms with Crippen molar-refractivity contribution in [2.75, 3.05) is 6.54 Å². The summed E-state index contributed by atoms with van der Waals surface area (Å²) in [6, 6.07) is 13.2. The number of ketones is 1. The van der Waals surface area contributed by atoms with E-state index in [2.05, 4.69) is 15.9 Å². The van der Waals surface area contributed by atoms with Crippen LogP contribution in [-0.2, 0) is 9.53 Å². The lowest BCUT2D eigenvalue weighted by molar-refractivity contribution is -0.147. The van der Waals surface area contributed by atoms with Crippen molar-refractivity contribution in [1.82, 2.24) is 4.90 Å². The van der Waals surface area contributed by atoms with Crippen LogP contribution in [0.2, 0.25) is 0 Å². The summed E-state index contributed by atoms with van der Waals surface area (Å²) < 4.78 is 5.91. The molecule has 1 atom stereocenters. The largest absolute Gasteiger partial charge is 0.453 e. The number of carbonyl (C=O) groups is 4. The number of amides is 2. The Labute approximate surface area is 164 Å². The van der Waals surface area contributed by atoms with E-state index in [9.17, 15) is 19.2 Å². The van der Waals surface area contributed by atoms with Crippen molar-refractivity contribution in [2.24, 2.45) is 0 Å². The zero-order valence-corrected chi connectivity index (χ0v) is 16.1. The highest BCUT2D eigenvalue weighted by atomic mass is 79.9. The van der Waals surface area contributed by atoms with E-state index in [0.29, 0.717) is 10.0 Å². The van der Waals surface area contributed by atoms with Crippen molar-refractivity contribution < 1.29 is 23.9 Å². The molecule has 0 fully saturated rings. The van der Waals surface area contributed by atoms with Crippen LogP contribution in [0.4, 0.5) is 0 Å². The summed E-state index contributed by atoms with van der Waals surface area (Å²) in [5.74, 6) is -2.24. The minimum atomic E-state index is -0.968. The molecule has 1 heterocycles. The van der Waals surface area contributed by atoms with Gasteiger partial charge in [0.2, 0.25) is 5.78 Å². The molecule has 0 spiro atoms. The van der Waals surface area contributed by atoms with Gasteiger partial charge in [0.15, 0.2) is 6.10 Å². The number of halogens is 1. The molecular formula is C20H16BrNO5. The Morgan fingerprint density at radius 1 is 1.04 bits per heavy atom. The number of carbonyl (C=O) groups excluding carboxylic acids is 4. The zero-order chi connectivity index (χ0) is 19.6. The van der Waals surface area contributed by atoms with Crippen molar-refractivity contribution >= 4 is 39.5 Å². The molecule has 0 aromatic heterocycles. The Balaban J connectivity index is 1.69. The number of imide groups is 1. The molecule has 6 nitrogen and oxygen atoms in total. The molecule has 2 amide bonds. The minimum absolute atomic E-state index is 0.231. The summed E-state index contributed by atoms with van der Waals surface area (Å²) >= 11 is 3.25. The van der Waals surface area contributed by atoms with Crippen molar-refractivity contribution in [2.45, 2.75) is 19.4 Å². The number of esters is 1. The van der Waals surface area contributed by atoms with E-state index in [4.69, 9.17) is 4.74 Å².